The van der Waals surface area contributed by atoms with Crippen molar-refractivity contribution in [3.05, 3.63) is 35.4 Å². The molecule has 0 fully saturated rings. The molecule has 1 aromatic carbocycles. The zero-order valence-electron chi connectivity index (χ0n) is 12.0. The number of unbranched alkanes of at least 4 members (excludes halogenated alkanes) is 3. The molecule has 0 N–H and O–H groups in total. The van der Waals surface area contributed by atoms with Gasteiger partial charge in [0.2, 0.25) is 0 Å². The van der Waals surface area contributed by atoms with Crippen molar-refractivity contribution in [3.63, 3.8) is 0 Å². The smallest absolute Gasteiger partial charge is 0.104 e. The van der Waals surface area contributed by atoms with E-state index in [-0.39, 0.29) is 0 Å². The minimum absolute atomic E-state index is 1.10. The van der Waals surface area contributed by atoms with E-state index in [1.54, 1.807) is 0 Å². The van der Waals surface area contributed by atoms with E-state index in [1.165, 1.54) is 43.4 Å². The van der Waals surface area contributed by atoms with E-state index in [0.29, 0.717) is 0 Å². The molecule has 0 saturated heterocycles. The zero-order valence-corrected chi connectivity index (χ0v) is 12.0. The SMILES string of the molecule is CCCCCC[N+](C)(C)Cc1ccc(C)cc1. The summed E-state index contributed by atoms with van der Waals surface area (Å²) in [5.41, 5.74) is 2.80. The number of rotatable bonds is 7. The van der Waals surface area contributed by atoms with Gasteiger partial charge < -0.3 is 4.48 Å². The van der Waals surface area contributed by atoms with Gasteiger partial charge in [-0.2, -0.15) is 0 Å². The molecule has 0 aliphatic rings. The fraction of sp³-hybridized carbons (Fsp3) is 0.625. The summed E-state index contributed by atoms with van der Waals surface area (Å²) in [6, 6.07) is 8.96. The van der Waals surface area contributed by atoms with Crippen LogP contribution in [-0.2, 0) is 6.54 Å². The lowest BCUT2D eigenvalue weighted by Gasteiger charge is -2.30. The summed E-state index contributed by atoms with van der Waals surface area (Å²) < 4.78 is 1.10. The molecule has 0 aliphatic heterocycles. The molecule has 1 heteroatoms. The highest BCUT2D eigenvalue weighted by molar-refractivity contribution is 5.20. The standard InChI is InChI=1S/C16H28N/c1-5-6-7-8-13-17(3,4)14-16-11-9-15(2)10-12-16/h9-12H,5-8,13-14H2,1-4H3/q+1. The number of nitrogens with zero attached hydrogens (tertiary/aromatic N) is 1. The lowest BCUT2D eigenvalue weighted by molar-refractivity contribution is -0.903. The summed E-state index contributed by atoms with van der Waals surface area (Å²) >= 11 is 0. The third-order valence-corrected chi connectivity index (χ3v) is 3.35. The van der Waals surface area contributed by atoms with E-state index >= 15 is 0 Å². The predicted octanol–water partition coefficient (Wildman–Crippen LogP) is 4.15. The Kier molecular flexibility index (Phi) is 5.70. The van der Waals surface area contributed by atoms with E-state index in [2.05, 4.69) is 52.2 Å². The van der Waals surface area contributed by atoms with Crippen LogP contribution in [0.5, 0.6) is 0 Å². The zero-order chi connectivity index (χ0) is 12.7. The number of benzene rings is 1. The van der Waals surface area contributed by atoms with Crippen molar-refractivity contribution in [1.29, 1.82) is 0 Å². The van der Waals surface area contributed by atoms with Gasteiger partial charge in [-0.3, -0.25) is 0 Å². The molecule has 0 atom stereocenters. The molecule has 17 heavy (non-hydrogen) atoms. The van der Waals surface area contributed by atoms with Crippen LogP contribution in [0.4, 0.5) is 0 Å². The molecule has 0 aliphatic carbocycles. The highest BCUT2D eigenvalue weighted by atomic mass is 15.3. The van der Waals surface area contributed by atoms with Crippen LogP contribution in [-0.4, -0.2) is 25.1 Å². The minimum atomic E-state index is 1.10. The van der Waals surface area contributed by atoms with Gasteiger partial charge in [-0.25, -0.2) is 0 Å². The summed E-state index contributed by atoms with van der Waals surface area (Å²) in [4.78, 5) is 0. The second-order valence-electron chi connectivity index (χ2n) is 5.86. The van der Waals surface area contributed by atoms with Crippen molar-refractivity contribution < 1.29 is 4.48 Å². The van der Waals surface area contributed by atoms with Gasteiger partial charge in [0.05, 0.1) is 20.6 Å². The Morgan fingerprint density at radius 2 is 1.59 bits per heavy atom. The Labute approximate surface area is 107 Å². The molecule has 1 nitrogen and oxygen atoms in total. The van der Waals surface area contributed by atoms with Gasteiger partial charge in [-0.1, -0.05) is 49.6 Å². The van der Waals surface area contributed by atoms with Crippen molar-refractivity contribution in [2.45, 2.75) is 46.1 Å². The normalized spacial score (nSPS) is 11.8. The van der Waals surface area contributed by atoms with Gasteiger partial charge in [0, 0.05) is 5.56 Å². The van der Waals surface area contributed by atoms with Crippen molar-refractivity contribution >= 4 is 0 Å². The first-order chi connectivity index (χ1) is 8.03. The maximum Gasteiger partial charge on any atom is 0.104 e. The molecule has 1 rings (SSSR count). The van der Waals surface area contributed by atoms with E-state index < -0.39 is 0 Å². The highest BCUT2D eigenvalue weighted by Gasteiger charge is 2.14. The quantitative estimate of drug-likeness (QED) is 0.491. The molecule has 1 aromatic rings. The summed E-state index contributed by atoms with van der Waals surface area (Å²) in [6.45, 7) is 6.85. The monoisotopic (exact) mass is 234 g/mol. The number of aryl methyl sites for hydroxylation is 1. The molecular formula is C16H28N+. The fourth-order valence-electron chi connectivity index (χ4n) is 2.23. The van der Waals surface area contributed by atoms with Gasteiger partial charge in [0.25, 0.3) is 0 Å². The van der Waals surface area contributed by atoms with Crippen LogP contribution in [0, 0.1) is 6.92 Å². The molecule has 0 radical (unpaired) electrons. The third-order valence-electron chi connectivity index (χ3n) is 3.35. The molecular weight excluding hydrogens is 206 g/mol. The predicted molar refractivity (Wildman–Crippen MR) is 76.0 cm³/mol. The average molecular weight is 234 g/mol. The third kappa shape index (κ3) is 5.88. The van der Waals surface area contributed by atoms with E-state index in [1.807, 2.05) is 0 Å². The molecule has 0 spiro atoms. The van der Waals surface area contributed by atoms with E-state index in [0.717, 1.165) is 11.0 Å². The van der Waals surface area contributed by atoms with E-state index in [4.69, 9.17) is 0 Å². The molecule has 0 amide bonds. The molecule has 96 valence electrons. The lowest BCUT2D eigenvalue weighted by atomic mass is 10.1. The Morgan fingerprint density at radius 3 is 2.18 bits per heavy atom. The highest BCUT2D eigenvalue weighted by Crippen LogP contribution is 2.12. The van der Waals surface area contributed by atoms with Crippen LogP contribution in [0.15, 0.2) is 24.3 Å². The second-order valence-corrected chi connectivity index (χ2v) is 5.86. The maximum atomic E-state index is 2.34. The largest absolute Gasteiger partial charge is 0.325 e. The Hall–Kier alpha value is -0.820. The average Bonchev–Trinajstić information content (AvgIpc) is 2.27. The van der Waals surface area contributed by atoms with Crippen molar-refractivity contribution in [2.75, 3.05) is 20.6 Å². The van der Waals surface area contributed by atoms with Gasteiger partial charge in [0.1, 0.15) is 6.54 Å². The summed E-state index contributed by atoms with van der Waals surface area (Å²) in [6.07, 6.45) is 5.44. The number of hydrogen-bond acceptors (Lipinski definition) is 0. The Balaban J connectivity index is 2.40. The molecule has 0 aromatic heterocycles. The Bertz CT molecular complexity index is 311. The summed E-state index contributed by atoms with van der Waals surface area (Å²) in [7, 11) is 4.68. The topological polar surface area (TPSA) is 0 Å². The number of quaternary nitrogens is 1. The first kappa shape index (κ1) is 14.2. The van der Waals surface area contributed by atoms with Crippen LogP contribution >= 0.6 is 0 Å². The number of hydrogen-bond donors (Lipinski definition) is 0. The van der Waals surface area contributed by atoms with Gasteiger partial charge in [-0.15, -0.1) is 0 Å². The lowest BCUT2D eigenvalue weighted by Crippen LogP contribution is -2.39. The van der Waals surface area contributed by atoms with Crippen molar-refractivity contribution in [2.24, 2.45) is 0 Å². The summed E-state index contributed by atoms with van der Waals surface area (Å²) in [5.74, 6) is 0. The van der Waals surface area contributed by atoms with E-state index in [9.17, 15) is 0 Å². The Morgan fingerprint density at radius 1 is 0.941 bits per heavy atom. The fourth-order valence-corrected chi connectivity index (χ4v) is 2.23. The molecule has 0 bridgehead atoms. The molecule has 0 saturated carbocycles. The van der Waals surface area contributed by atoms with Crippen LogP contribution < -0.4 is 0 Å². The van der Waals surface area contributed by atoms with Crippen molar-refractivity contribution in [3.8, 4) is 0 Å². The first-order valence-electron chi connectivity index (χ1n) is 6.91. The van der Waals surface area contributed by atoms with Crippen LogP contribution in [0.25, 0.3) is 0 Å². The van der Waals surface area contributed by atoms with Gasteiger partial charge >= 0.3 is 0 Å². The van der Waals surface area contributed by atoms with Crippen LogP contribution in [0.3, 0.4) is 0 Å². The summed E-state index contributed by atoms with van der Waals surface area (Å²) in [5, 5.41) is 0. The second kappa shape index (κ2) is 6.80. The minimum Gasteiger partial charge on any atom is -0.325 e. The van der Waals surface area contributed by atoms with Crippen LogP contribution in [0.1, 0.15) is 43.7 Å². The molecule has 0 unspecified atom stereocenters. The van der Waals surface area contributed by atoms with Crippen molar-refractivity contribution in [1.82, 2.24) is 0 Å². The maximum absolute atomic E-state index is 2.34. The first-order valence-corrected chi connectivity index (χ1v) is 6.91. The molecule has 0 heterocycles. The van der Waals surface area contributed by atoms with Crippen LogP contribution in [0.2, 0.25) is 0 Å². The van der Waals surface area contributed by atoms with Gasteiger partial charge in [-0.05, 0) is 19.8 Å². The van der Waals surface area contributed by atoms with Gasteiger partial charge in [0.15, 0.2) is 0 Å².